The van der Waals surface area contributed by atoms with Crippen molar-refractivity contribution in [3.8, 4) is 0 Å². The van der Waals surface area contributed by atoms with Crippen molar-refractivity contribution in [2.24, 2.45) is 5.92 Å². The number of rotatable bonds is 42. The smallest absolute Gasteiger partial charge is 0.462 e. The summed E-state index contributed by atoms with van der Waals surface area (Å²) in [5.41, 5.74) is 4.59. The van der Waals surface area contributed by atoms with Crippen LogP contribution in [-0.4, -0.2) is 97.9 Å². The zero-order chi connectivity index (χ0) is 52.6. The van der Waals surface area contributed by atoms with Crippen molar-refractivity contribution >= 4 is 33.4 Å². The minimum Gasteiger partial charge on any atom is -0.462 e. The molecular weight excluding hydrogens is 973 g/mol. The van der Waals surface area contributed by atoms with Crippen LogP contribution in [0.5, 0.6) is 0 Å². The molecule has 3 rings (SSSR count). The van der Waals surface area contributed by atoms with Gasteiger partial charge in [-0.15, -0.1) is 0 Å². The maximum absolute atomic E-state index is 12.9. The van der Waals surface area contributed by atoms with Crippen LogP contribution >= 0.6 is 15.6 Å². The van der Waals surface area contributed by atoms with E-state index in [1.165, 1.54) is 83.1 Å². The second-order valence-corrected chi connectivity index (χ2v) is 22.3. The standard InChI is InChI=1S/C51H87N3O16P2/c1-4-5-6-7-8-9-10-15-18-21-24-27-31-42-43(68-42)32-29-34-46(55)64-37-41(67-47(56)33-28-25-22-19-16-13-11-12-14-17-20-23-26-30-40(2)3)38-65-71(60,61)70-72(62,63)66-39-44-48(57)49(58)50(69-44)54-36-35-45(52)53-51(54)59/h8-9,15,18,24,27,35-36,40-44,48-50,57-58H,4-7,10-14,16-17,19-23,25-26,28-34,37-39H2,1-3H3,(H,60,61)(H,62,63)(H2,52,53,59)/b9-8-,18-15-,27-24-/t41-,42?,43?,44-,48-,49-,50-/m1/s1. The lowest BCUT2D eigenvalue weighted by molar-refractivity contribution is -0.161. The SMILES string of the molecule is CCCCC/C=C\C/C=C\C/C=C\CC1OC1CCCC(=O)OC[C@H](COP(=O)(O)OP(=O)(O)OC[C@H]1O[C@@H](n2ccc(N)nc2=O)[C@H](O)[C@@H]1O)OC(=O)CCCCCCCCCCCCCCCC(C)C. The normalized spacial score (nSPS) is 22.2. The lowest BCUT2D eigenvalue weighted by Gasteiger charge is -2.21. The summed E-state index contributed by atoms with van der Waals surface area (Å²) in [4.78, 5) is 62.1. The molecule has 1 aromatic rings. The number of aliphatic hydroxyl groups excluding tert-OH is 2. The van der Waals surface area contributed by atoms with E-state index in [1.54, 1.807) is 0 Å². The largest absolute Gasteiger partial charge is 0.481 e. The number of nitrogens with two attached hydrogens (primary N) is 1. The highest BCUT2D eigenvalue weighted by Crippen LogP contribution is 2.60. The predicted octanol–water partition coefficient (Wildman–Crippen LogP) is 10.0. The molecule has 0 saturated carbocycles. The first kappa shape index (κ1) is 63.2. The maximum Gasteiger partial charge on any atom is 0.481 e. The van der Waals surface area contributed by atoms with Crippen LogP contribution in [-0.2, 0) is 51.0 Å². The molecule has 0 aliphatic carbocycles. The summed E-state index contributed by atoms with van der Waals surface area (Å²) >= 11 is 0. The van der Waals surface area contributed by atoms with Gasteiger partial charge in [-0.25, -0.2) is 13.9 Å². The first-order valence-corrected chi connectivity index (χ1v) is 29.5. The van der Waals surface area contributed by atoms with E-state index < -0.39 is 83.7 Å². The van der Waals surface area contributed by atoms with Gasteiger partial charge >= 0.3 is 33.3 Å². The number of phosphoric ester groups is 2. The number of hydrogen-bond acceptors (Lipinski definition) is 16. The maximum atomic E-state index is 12.9. The van der Waals surface area contributed by atoms with Crippen LogP contribution in [0.3, 0.4) is 0 Å². The Morgan fingerprint density at radius 3 is 1.97 bits per heavy atom. The molecule has 9 atom stereocenters. The molecular formula is C51H87N3O16P2. The average Bonchev–Trinajstić information content (AvgIpc) is 4.01. The monoisotopic (exact) mass is 1060 g/mol. The van der Waals surface area contributed by atoms with Crippen LogP contribution in [0.4, 0.5) is 5.82 Å². The molecule has 1 aromatic heterocycles. The number of unbranched alkanes of at least 4 members (excludes halogenated alkanes) is 15. The summed E-state index contributed by atoms with van der Waals surface area (Å²) in [6.45, 7) is 4.38. The number of carbonyl (C=O) groups is 2. The zero-order valence-corrected chi connectivity index (χ0v) is 44.9. The number of esters is 2. The van der Waals surface area contributed by atoms with E-state index in [0.717, 1.165) is 68.0 Å². The van der Waals surface area contributed by atoms with Crippen molar-refractivity contribution in [1.82, 2.24) is 9.55 Å². The number of aromatic nitrogens is 2. The minimum absolute atomic E-state index is 0.0320. The predicted molar refractivity (Wildman–Crippen MR) is 274 cm³/mol. The summed E-state index contributed by atoms with van der Waals surface area (Å²) in [6.07, 6.45) is 31.0. The van der Waals surface area contributed by atoms with Crippen molar-refractivity contribution in [3.63, 3.8) is 0 Å². The van der Waals surface area contributed by atoms with Crippen molar-refractivity contribution in [2.45, 2.75) is 224 Å². The van der Waals surface area contributed by atoms with Crippen molar-refractivity contribution in [1.29, 1.82) is 0 Å². The number of carbonyl (C=O) groups excluding carboxylic acids is 2. The molecule has 4 unspecified atom stereocenters. The summed E-state index contributed by atoms with van der Waals surface area (Å²) in [5, 5.41) is 20.9. The number of ether oxygens (including phenoxy) is 4. The second kappa shape index (κ2) is 36.0. The van der Waals surface area contributed by atoms with Crippen LogP contribution in [0.2, 0.25) is 0 Å². The Bertz CT molecular complexity index is 1930. The quantitative estimate of drug-likeness (QED) is 0.0134. The number of aliphatic hydroxyl groups is 2. The van der Waals surface area contributed by atoms with E-state index in [-0.39, 0.29) is 30.9 Å². The number of phosphoric acid groups is 2. The topological polar surface area (TPSA) is 278 Å². The number of nitrogens with zero attached hydrogens (tertiary/aromatic N) is 2. The zero-order valence-electron chi connectivity index (χ0n) is 43.1. The molecule has 0 aromatic carbocycles. The van der Waals surface area contributed by atoms with Crippen molar-refractivity contribution in [2.75, 3.05) is 25.6 Å². The van der Waals surface area contributed by atoms with Gasteiger partial charge < -0.3 is 44.7 Å². The average molecular weight is 1060 g/mol. The van der Waals surface area contributed by atoms with Crippen molar-refractivity contribution in [3.05, 3.63) is 59.2 Å². The molecule has 2 aliphatic rings. The van der Waals surface area contributed by atoms with Crippen LogP contribution in [0.25, 0.3) is 0 Å². The Kier molecular flexibility index (Phi) is 31.6. The second-order valence-electron chi connectivity index (χ2n) is 19.2. The fraction of sp³-hybridized carbons (Fsp3) is 0.765. The van der Waals surface area contributed by atoms with E-state index in [2.05, 4.69) is 66.5 Å². The van der Waals surface area contributed by atoms with Crippen LogP contribution in [0, 0.1) is 5.92 Å². The third-order valence-corrected chi connectivity index (χ3v) is 14.9. The molecule has 6 N–H and O–H groups in total. The molecule has 0 bridgehead atoms. The first-order valence-electron chi connectivity index (χ1n) is 26.5. The fourth-order valence-electron chi connectivity index (χ4n) is 8.11. The van der Waals surface area contributed by atoms with Crippen LogP contribution < -0.4 is 11.4 Å². The van der Waals surface area contributed by atoms with E-state index in [0.29, 0.717) is 19.3 Å². The highest BCUT2D eigenvalue weighted by atomic mass is 31.3. The number of allylic oxidation sites excluding steroid dienone is 5. The van der Waals surface area contributed by atoms with Gasteiger partial charge in [0.05, 0.1) is 25.4 Å². The highest BCUT2D eigenvalue weighted by molar-refractivity contribution is 7.61. The molecule has 0 radical (unpaired) electrons. The number of epoxide rings is 1. The number of nitrogen functional groups attached to an aromatic ring is 1. The molecule has 19 nitrogen and oxygen atoms in total. The van der Waals surface area contributed by atoms with Gasteiger partial charge in [0.15, 0.2) is 12.3 Å². The van der Waals surface area contributed by atoms with E-state index in [9.17, 15) is 43.5 Å². The van der Waals surface area contributed by atoms with Gasteiger partial charge in [0, 0.05) is 19.0 Å². The molecule has 3 heterocycles. The highest BCUT2D eigenvalue weighted by Gasteiger charge is 2.46. The third kappa shape index (κ3) is 28.6. The van der Waals surface area contributed by atoms with E-state index >= 15 is 0 Å². The van der Waals surface area contributed by atoms with Gasteiger partial charge in [-0.05, 0) is 63.4 Å². The Labute approximate surface area is 427 Å². The molecule has 412 valence electrons. The molecule has 2 saturated heterocycles. The molecule has 2 aliphatic heterocycles. The fourth-order valence-corrected chi connectivity index (χ4v) is 10.2. The van der Waals surface area contributed by atoms with Gasteiger partial charge in [-0.3, -0.25) is 23.2 Å². The van der Waals surface area contributed by atoms with Gasteiger partial charge in [0.2, 0.25) is 0 Å². The molecule has 21 heteroatoms. The van der Waals surface area contributed by atoms with Gasteiger partial charge in [-0.2, -0.15) is 9.29 Å². The van der Waals surface area contributed by atoms with Crippen LogP contribution in [0.1, 0.15) is 188 Å². The molecule has 0 spiro atoms. The Morgan fingerprint density at radius 2 is 1.33 bits per heavy atom. The van der Waals surface area contributed by atoms with Gasteiger partial charge in [0.1, 0.15) is 30.7 Å². The molecule has 2 fully saturated rings. The molecule has 72 heavy (non-hydrogen) atoms. The van der Waals surface area contributed by atoms with E-state index in [4.69, 9.17) is 33.7 Å². The summed E-state index contributed by atoms with van der Waals surface area (Å²) in [7, 11) is -10.9. The first-order chi connectivity index (χ1) is 34.5. The lowest BCUT2D eigenvalue weighted by Crippen LogP contribution is -2.36. The van der Waals surface area contributed by atoms with Crippen molar-refractivity contribution < 1.29 is 71.0 Å². The summed E-state index contributed by atoms with van der Waals surface area (Å²) < 4.78 is 62.7. The molecule has 0 amide bonds. The van der Waals surface area contributed by atoms with Gasteiger partial charge in [-0.1, -0.05) is 154 Å². The third-order valence-electron chi connectivity index (χ3n) is 12.3. The van der Waals surface area contributed by atoms with Crippen LogP contribution in [0.15, 0.2) is 53.5 Å². The number of anilines is 1. The lowest BCUT2D eigenvalue weighted by atomic mass is 10.0. The summed E-state index contributed by atoms with van der Waals surface area (Å²) in [6, 6.07) is 1.25. The Hall–Kier alpha value is -3.06. The van der Waals surface area contributed by atoms with Gasteiger partial charge in [0.25, 0.3) is 0 Å². The minimum atomic E-state index is -5.44. The van der Waals surface area contributed by atoms with E-state index in [1.807, 2.05) is 0 Å². The Morgan fingerprint density at radius 1 is 0.736 bits per heavy atom. The number of hydrogen-bond donors (Lipinski definition) is 5. The summed E-state index contributed by atoms with van der Waals surface area (Å²) in [5.74, 6) is -0.590. The Balaban J connectivity index is 1.41.